The van der Waals surface area contributed by atoms with Gasteiger partial charge in [0, 0.05) is 43.5 Å². The maximum Gasteiger partial charge on any atom is 0.317 e. The van der Waals surface area contributed by atoms with Crippen molar-refractivity contribution in [1.29, 1.82) is 0 Å². The van der Waals surface area contributed by atoms with E-state index in [2.05, 4.69) is 42.3 Å². The molecule has 1 aliphatic heterocycles. The highest BCUT2D eigenvalue weighted by Gasteiger charge is 2.24. The van der Waals surface area contributed by atoms with Gasteiger partial charge in [-0.25, -0.2) is 4.79 Å². The molecule has 0 spiro atoms. The number of urea groups is 1. The number of benzene rings is 2. The third-order valence-electron chi connectivity index (χ3n) is 5.73. The Bertz CT molecular complexity index is 860. The van der Waals surface area contributed by atoms with Gasteiger partial charge in [-0.3, -0.25) is 0 Å². The molecule has 1 fully saturated rings. The number of ether oxygens (including phenoxy) is 2. The van der Waals surface area contributed by atoms with Crippen LogP contribution >= 0.6 is 0 Å². The van der Waals surface area contributed by atoms with E-state index >= 15 is 0 Å². The predicted octanol–water partition coefficient (Wildman–Crippen LogP) is 3.91. The molecule has 1 heterocycles. The zero-order valence-electron chi connectivity index (χ0n) is 18.0. The molecule has 6 heteroatoms. The molecule has 29 heavy (non-hydrogen) atoms. The second-order valence-corrected chi connectivity index (χ2v) is 7.47. The summed E-state index contributed by atoms with van der Waals surface area (Å²) in [7, 11) is 3.25. The molecule has 0 aromatic heterocycles. The second-order valence-electron chi connectivity index (χ2n) is 7.47. The molecular weight excluding hydrogens is 366 g/mol. The van der Waals surface area contributed by atoms with E-state index < -0.39 is 0 Å². The van der Waals surface area contributed by atoms with E-state index in [4.69, 9.17) is 9.47 Å². The lowest BCUT2D eigenvalue weighted by Crippen LogP contribution is -2.52. The summed E-state index contributed by atoms with van der Waals surface area (Å²) < 4.78 is 10.7. The first-order chi connectivity index (χ1) is 13.9. The molecule has 1 saturated heterocycles. The molecule has 6 nitrogen and oxygen atoms in total. The minimum Gasteiger partial charge on any atom is -0.497 e. The van der Waals surface area contributed by atoms with Crippen molar-refractivity contribution in [3.8, 4) is 11.5 Å². The molecule has 0 saturated carbocycles. The molecule has 2 amide bonds. The van der Waals surface area contributed by atoms with Crippen LogP contribution in [0, 0.1) is 13.8 Å². The van der Waals surface area contributed by atoms with Crippen molar-refractivity contribution in [2.45, 2.75) is 26.8 Å². The summed E-state index contributed by atoms with van der Waals surface area (Å²) in [5.41, 5.74) is 4.80. The molecule has 2 aromatic carbocycles. The largest absolute Gasteiger partial charge is 0.497 e. The number of carbonyl (C=O) groups excluding carboxylic acids is 1. The molecule has 2 aromatic rings. The highest BCUT2D eigenvalue weighted by molar-refractivity contribution is 5.75. The van der Waals surface area contributed by atoms with Gasteiger partial charge in [-0.2, -0.15) is 0 Å². The van der Waals surface area contributed by atoms with Crippen molar-refractivity contribution in [1.82, 2.24) is 10.2 Å². The van der Waals surface area contributed by atoms with E-state index in [-0.39, 0.29) is 12.1 Å². The molecule has 1 N–H and O–H groups in total. The van der Waals surface area contributed by atoms with Crippen LogP contribution in [0.3, 0.4) is 0 Å². The lowest BCUT2D eigenvalue weighted by molar-refractivity contribution is 0.191. The number of carbonyl (C=O) groups is 1. The number of nitrogens with one attached hydrogen (secondary N) is 1. The molecule has 0 radical (unpaired) electrons. The maximum absolute atomic E-state index is 12.8. The van der Waals surface area contributed by atoms with Crippen LogP contribution in [-0.2, 0) is 0 Å². The zero-order valence-corrected chi connectivity index (χ0v) is 18.0. The lowest BCUT2D eigenvalue weighted by atomic mass is 10.1. The Morgan fingerprint density at radius 1 is 1.03 bits per heavy atom. The van der Waals surface area contributed by atoms with Crippen LogP contribution in [0.15, 0.2) is 36.4 Å². The van der Waals surface area contributed by atoms with Gasteiger partial charge in [0.15, 0.2) is 0 Å². The van der Waals surface area contributed by atoms with E-state index in [1.165, 1.54) is 16.8 Å². The molecule has 1 aliphatic rings. The third kappa shape index (κ3) is 4.58. The lowest BCUT2D eigenvalue weighted by Gasteiger charge is -2.37. The molecule has 1 unspecified atom stereocenters. The molecular formula is C23H31N3O3. The van der Waals surface area contributed by atoms with Crippen LogP contribution in [0.5, 0.6) is 11.5 Å². The fraction of sp³-hybridized carbons (Fsp3) is 0.435. The van der Waals surface area contributed by atoms with Crippen molar-refractivity contribution in [3.05, 3.63) is 53.1 Å². The first-order valence-electron chi connectivity index (χ1n) is 10.0. The normalized spacial score (nSPS) is 15.1. The number of hydrogen-bond acceptors (Lipinski definition) is 4. The number of piperazine rings is 1. The first-order valence-corrected chi connectivity index (χ1v) is 10.0. The number of hydrogen-bond donors (Lipinski definition) is 1. The van der Waals surface area contributed by atoms with Gasteiger partial charge in [0.2, 0.25) is 0 Å². The number of anilines is 1. The topological polar surface area (TPSA) is 54.0 Å². The Kier molecular flexibility index (Phi) is 6.52. The Hall–Kier alpha value is -2.89. The Morgan fingerprint density at radius 2 is 1.76 bits per heavy atom. The van der Waals surface area contributed by atoms with Gasteiger partial charge in [-0.15, -0.1) is 0 Å². The molecule has 3 rings (SSSR count). The van der Waals surface area contributed by atoms with Crippen molar-refractivity contribution in [2.75, 3.05) is 45.3 Å². The van der Waals surface area contributed by atoms with Crippen LogP contribution in [0.1, 0.15) is 29.7 Å². The van der Waals surface area contributed by atoms with Gasteiger partial charge >= 0.3 is 6.03 Å². The van der Waals surface area contributed by atoms with Crippen LogP contribution in [-0.4, -0.2) is 51.3 Å². The van der Waals surface area contributed by atoms with Crippen molar-refractivity contribution >= 4 is 11.7 Å². The summed E-state index contributed by atoms with van der Waals surface area (Å²) in [6.45, 7) is 9.33. The number of nitrogens with zero attached hydrogens (tertiary/aromatic N) is 2. The highest BCUT2D eigenvalue weighted by atomic mass is 16.5. The van der Waals surface area contributed by atoms with Gasteiger partial charge in [0.25, 0.3) is 0 Å². The van der Waals surface area contributed by atoms with E-state index in [1.807, 2.05) is 30.0 Å². The zero-order chi connectivity index (χ0) is 21.0. The molecule has 1 atom stereocenters. The monoisotopic (exact) mass is 397 g/mol. The van der Waals surface area contributed by atoms with E-state index in [9.17, 15) is 4.79 Å². The van der Waals surface area contributed by atoms with Crippen molar-refractivity contribution in [3.63, 3.8) is 0 Å². The van der Waals surface area contributed by atoms with Crippen LogP contribution in [0.4, 0.5) is 10.5 Å². The van der Waals surface area contributed by atoms with Gasteiger partial charge < -0.3 is 24.6 Å². The SMILES string of the molecule is COc1ccc(C(C)NC(=O)N2CCN(c3cccc(C)c3C)CC2)c(OC)c1. The summed E-state index contributed by atoms with van der Waals surface area (Å²) >= 11 is 0. The number of rotatable bonds is 5. The van der Waals surface area contributed by atoms with Gasteiger partial charge in [0.1, 0.15) is 11.5 Å². The van der Waals surface area contributed by atoms with E-state index in [0.717, 1.165) is 24.4 Å². The molecule has 0 bridgehead atoms. The fourth-order valence-corrected chi connectivity index (χ4v) is 3.76. The minimum absolute atomic E-state index is 0.0454. The smallest absolute Gasteiger partial charge is 0.317 e. The second kappa shape index (κ2) is 9.07. The predicted molar refractivity (Wildman–Crippen MR) is 116 cm³/mol. The minimum atomic E-state index is -0.166. The van der Waals surface area contributed by atoms with Crippen molar-refractivity contribution < 1.29 is 14.3 Å². The summed E-state index contributed by atoms with van der Waals surface area (Å²) in [6, 6.07) is 11.8. The van der Waals surface area contributed by atoms with Crippen LogP contribution in [0.25, 0.3) is 0 Å². The summed E-state index contributed by atoms with van der Waals surface area (Å²) in [6.07, 6.45) is 0. The Balaban J connectivity index is 1.60. The van der Waals surface area contributed by atoms with Crippen molar-refractivity contribution in [2.24, 2.45) is 0 Å². The Labute approximate surface area is 173 Å². The van der Waals surface area contributed by atoms with Gasteiger partial charge in [-0.1, -0.05) is 12.1 Å². The number of methoxy groups -OCH3 is 2. The Morgan fingerprint density at radius 3 is 2.41 bits per heavy atom. The summed E-state index contributed by atoms with van der Waals surface area (Å²) in [4.78, 5) is 17.0. The van der Waals surface area contributed by atoms with E-state index in [0.29, 0.717) is 18.8 Å². The number of aryl methyl sites for hydroxylation is 1. The summed E-state index contributed by atoms with van der Waals surface area (Å²) in [5.74, 6) is 1.43. The van der Waals surface area contributed by atoms with E-state index in [1.54, 1.807) is 14.2 Å². The van der Waals surface area contributed by atoms with Gasteiger partial charge in [-0.05, 0) is 50.1 Å². The van der Waals surface area contributed by atoms with Gasteiger partial charge in [0.05, 0.1) is 20.3 Å². The van der Waals surface area contributed by atoms with Crippen LogP contribution in [0.2, 0.25) is 0 Å². The first kappa shape index (κ1) is 20.8. The maximum atomic E-state index is 12.8. The molecule has 156 valence electrons. The average molecular weight is 398 g/mol. The summed E-state index contributed by atoms with van der Waals surface area (Å²) in [5, 5.41) is 3.10. The standard InChI is InChI=1S/C23H31N3O3/c1-16-7-6-8-21(17(16)2)25-11-13-26(14-12-25)23(27)24-18(3)20-10-9-19(28-4)15-22(20)29-5/h6-10,15,18H,11-14H2,1-5H3,(H,24,27). The highest BCUT2D eigenvalue weighted by Crippen LogP contribution is 2.29. The van der Waals surface area contributed by atoms with Crippen LogP contribution < -0.4 is 19.7 Å². The third-order valence-corrected chi connectivity index (χ3v) is 5.73. The molecule has 0 aliphatic carbocycles. The number of amides is 2. The fourth-order valence-electron chi connectivity index (χ4n) is 3.76. The average Bonchev–Trinajstić information content (AvgIpc) is 2.75. The quantitative estimate of drug-likeness (QED) is 0.831.